The van der Waals surface area contributed by atoms with Gasteiger partial charge in [-0.1, -0.05) is 33.1 Å². The third-order valence-corrected chi connectivity index (χ3v) is 5.26. The van der Waals surface area contributed by atoms with Gasteiger partial charge in [0.2, 0.25) is 5.91 Å². The van der Waals surface area contributed by atoms with Crippen LogP contribution >= 0.6 is 0 Å². The molecule has 0 spiro atoms. The molecule has 2 unspecified atom stereocenters. The smallest absolute Gasteiger partial charge is 0.416 e. The number of rotatable bonds is 5. The molecule has 6 nitrogen and oxygen atoms in total. The molecular weight excluding hydrogens is 334 g/mol. The number of hydrogen-bond acceptors (Lipinski definition) is 5. The molecule has 26 heavy (non-hydrogen) atoms. The maximum absolute atomic E-state index is 13.3. The van der Waals surface area contributed by atoms with Gasteiger partial charge in [-0.2, -0.15) is 0 Å². The lowest BCUT2D eigenvalue weighted by atomic mass is 9.77. The van der Waals surface area contributed by atoms with E-state index in [-0.39, 0.29) is 42.8 Å². The fourth-order valence-electron chi connectivity index (χ4n) is 3.91. The Morgan fingerprint density at radius 3 is 2.35 bits per heavy atom. The highest BCUT2D eigenvalue weighted by Crippen LogP contribution is 2.35. The van der Waals surface area contributed by atoms with Crippen LogP contribution in [0.2, 0.25) is 0 Å². The van der Waals surface area contributed by atoms with Crippen LogP contribution in [0.5, 0.6) is 0 Å². The molecule has 1 aliphatic carbocycles. The van der Waals surface area contributed by atoms with Gasteiger partial charge in [-0.15, -0.1) is 0 Å². The van der Waals surface area contributed by atoms with Crippen molar-refractivity contribution in [1.29, 1.82) is 0 Å². The first-order chi connectivity index (χ1) is 12.1. The summed E-state index contributed by atoms with van der Waals surface area (Å²) in [7, 11) is 0. The number of carbonyl (C=O) groups excluding carboxylic acids is 3. The minimum atomic E-state index is -0.593. The molecule has 2 atom stereocenters. The zero-order valence-corrected chi connectivity index (χ0v) is 16.7. The second-order valence-electron chi connectivity index (χ2n) is 8.89. The summed E-state index contributed by atoms with van der Waals surface area (Å²) < 4.78 is 10.6. The Kier molecular flexibility index (Phi) is 6.69. The second-order valence-corrected chi connectivity index (χ2v) is 8.89. The van der Waals surface area contributed by atoms with Crippen molar-refractivity contribution in [2.24, 2.45) is 17.8 Å². The summed E-state index contributed by atoms with van der Waals surface area (Å²) in [5.41, 5.74) is -0.593. The number of esters is 1. The fourth-order valence-corrected chi connectivity index (χ4v) is 3.91. The number of imide groups is 1. The lowest BCUT2D eigenvalue weighted by Crippen LogP contribution is -2.47. The summed E-state index contributed by atoms with van der Waals surface area (Å²) >= 11 is 0. The van der Waals surface area contributed by atoms with Crippen LogP contribution in [0.3, 0.4) is 0 Å². The molecule has 148 valence electrons. The van der Waals surface area contributed by atoms with Crippen LogP contribution in [0, 0.1) is 17.8 Å². The van der Waals surface area contributed by atoms with E-state index in [4.69, 9.17) is 9.47 Å². The van der Waals surface area contributed by atoms with Gasteiger partial charge in [0, 0.05) is 0 Å². The highest BCUT2D eigenvalue weighted by Gasteiger charge is 2.45. The quantitative estimate of drug-likeness (QED) is 0.689. The van der Waals surface area contributed by atoms with Crippen LogP contribution in [0.4, 0.5) is 4.79 Å². The van der Waals surface area contributed by atoms with Crippen molar-refractivity contribution in [3.8, 4) is 0 Å². The third-order valence-electron chi connectivity index (χ3n) is 5.26. The van der Waals surface area contributed by atoms with Gasteiger partial charge in [0.1, 0.15) is 12.2 Å². The Morgan fingerprint density at radius 1 is 1.19 bits per heavy atom. The molecule has 0 aromatic rings. The molecule has 2 fully saturated rings. The predicted octanol–water partition coefficient (Wildman–Crippen LogP) is 3.92. The number of amides is 2. The number of carbonyl (C=O) groups is 3. The maximum atomic E-state index is 13.3. The van der Waals surface area contributed by atoms with E-state index in [1.54, 1.807) is 0 Å². The molecule has 1 aliphatic heterocycles. The Bertz CT molecular complexity index is 531. The normalized spacial score (nSPS) is 23.1. The Hall–Kier alpha value is -1.59. The molecular formula is C20H33NO5. The van der Waals surface area contributed by atoms with Gasteiger partial charge in [0.25, 0.3) is 0 Å². The highest BCUT2D eigenvalue weighted by molar-refractivity contribution is 5.96. The summed E-state index contributed by atoms with van der Waals surface area (Å²) in [5, 5.41) is 0. The van der Waals surface area contributed by atoms with E-state index < -0.39 is 17.6 Å². The summed E-state index contributed by atoms with van der Waals surface area (Å²) in [4.78, 5) is 39.2. The predicted molar refractivity (Wildman–Crippen MR) is 97.3 cm³/mol. The lowest BCUT2D eigenvalue weighted by molar-refractivity contribution is -0.159. The molecule has 0 N–H and O–H groups in total. The zero-order chi connectivity index (χ0) is 19.5. The van der Waals surface area contributed by atoms with Crippen LogP contribution in [0.1, 0.15) is 73.1 Å². The number of cyclic esters (lactones) is 1. The van der Waals surface area contributed by atoms with Crippen molar-refractivity contribution in [2.45, 2.75) is 84.8 Å². The largest absolute Gasteiger partial charge is 0.460 e. The van der Waals surface area contributed by atoms with E-state index in [2.05, 4.69) is 0 Å². The van der Waals surface area contributed by atoms with E-state index in [0.717, 1.165) is 32.1 Å². The maximum Gasteiger partial charge on any atom is 0.416 e. The monoisotopic (exact) mass is 367 g/mol. The first-order valence-corrected chi connectivity index (χ1v) is 9.82. The van der Waals surface area contributed by atoms with Gasteiger partial charge in [-0.3, -0.25) is 9.59 Å². The van der Waals surface area contributed by atoms with Crippen molar-refractivity contribution in [2.75, 3.05) is 6.61 Å². The SMILES string of the molecule is CC(C)C1COC(=O)N1C(=O)C(CC(=O)OC(C)(C)C)C1CCCCC1. The molecule has 6 heteroatoms. The lowest BCUT2D eigenvalue weighted by Gasteiger charge is -2.33. The molecule has 0 aromatic heterocycles. The molecule has 1 saturated carbocycles. The third kappa shape index (κ3) is 5.21. The Balaban J connectivity index is 2.20. The Morgan fingerprint density at radius 2 is 1.81 bits per heavy atom. The minimum absolute atomic E-state index is 0.0232. The summed E-state index contributed by atoms with van der Waals surface area (Å²) in [6, 6.07) is -0.264. The average Bonchev–Trinajstić information content (AvgIpc) is 2.93. The highest BCUT2D eigenvalue weighted by atomic mass is 16.6. The van der Waals surface area contributed by atoms with Gasteiger partial charge in [0.15, 0.2) is 0 Å². The topological polar surface area (TPSA) is 72.9 Å². The molecule has 2 amide bonds. The van der Waals surface area contributed by atoms with Crippen molar-refractivity contribution < 1.29 is 23.9 Å². The molecule has 0 radical (unpaired) electrons. The van der Waals surface area contributed by atoms with Crippen LogP contribution in [-0.2, 0) is 19.1 Å². The van der Waals surface area contributed by atoms with Gasteiger partial charge in [-0.25, -0.2) is 9.69 Å². The van der Waals surface area contributed by atoms with E-state index in [1.807, 2.05) is 34.6 Å². The molecule has 2 rings (SSSR count). The zero-order valence-electron chi connectivity index (χ0n) is 16.7. The Labute approximate surface area is 156 Å². The van der Waals surface area contributed by atoms with Crippen molar-refractivity contribution >= 4 is 18.0 Å². The first kappa shape index (κ1) is 20.7. The van der Waals surface area contributed by atoms with Crippen LogP contribution in [-0.4, -0.2) is 41.1 Å². The van der Waals surface area contributed by atoms with Gasteiger partial charge in [0.05, 0.1) is 18.4 Å². The van der Waals surface area contributed by atoms with Crippen molar-refractivity contribution in [1.82, 2.24) is 4.90 Å². The van der Waals surface area contributed by atoms with E-state index in [9.17, 15) is 14.4 Å². The fraction of sp³-hybridized carbons (Fsp3) is 0.850. The summed E-state index contributed by atoms with van der Waals surface area (Å²) in [6.07, 6.45) is 4.53. The molecule has 1 saturated heterocycles. The molecule has 0 bridgehead atoms. The van der Waals surface area contributed by atoms with Crippen LogP contribution in [0.25, 0.3) is 0 Å². The molecule has 1 heterocycles. The van der Waals surface area contributed by atoms with E-state index in [0.29, 0.717) is 0 Å². The van der Waals surface area contributed by atoms with Crippen LogP contribution < -0.4 is 0 Å². The molecule has 0 aromatic carbocycles. The van der Waals surface area contributed by atoms with Gasteiger partial charge >= 0.3 is 12.1 Å². The second kappa shape index (κ2) is 8.40. The van der Waals surface area contributed by atoms with Gasteiger partial charge in [-0.05, 0) is 45.4 Å². The van der Waals surface area contributed by atoms with Crippen molar-refractivity contribution in [3.63, 3.8) is 0 Å². The number of nitrogens with zero attached hydrogens (tertiary/aromatic N) is 1. The van der Waals surface area contributed by atoms with E-state index in [1.165, 1.54) is 4.90 Å². The first-order valence-electron chi connectivity index (χ1n) is 9.82. The summed E-state index contributed by atoms with van der Waals surface area (Å²) in [6.45, 7) is 9.61. The molecule has 2 aliphatic rings. The minimum Gasteiger partial charge on any atom is -0.460 e. The van der Waals surface area contributed by atoms with Gasteiger partial charge < -0.3 is 9.47 Å². The number of ether oxygens (including phenoxy) is 2. The number of hydrogen-bond donors (Lipinski definition) is 0. The average molecular weight is 367 g/mol. The van der Waals surface area contributed by atoms with Crippen molar-refractivity contribution in [3.05, 3.63) is 0 Å². The standard InChI is InChI=1S/C20H33NO5/c1-13(2)16-12-25-19(24)21(16)18(23)15(14-9-7-6-8-10-14)11-17(22)26-20(3,4)5/h13-16H,6-12H2,1-5H3. The summed E-state index contributed by atoms with van der Waals surface area (Å²) in [5.74, 6) is -0.944. The van der Waals surface area contributed by atoms with Crippen LogP contribution in [0.15, 0.2) is 0 Å². The van der Waals surface area contributed by atoms with E-state index >= 15 is 0 Å².